The summed E-state index contributed by atoms with van der Waals surface area (Å²) >= 11 is 0. The minimum absolute atomic E-state index is 0.0997. The van der Waals surface area contributed by atoms with Crippen molar-refractivity contribution in [3.8, 4) is 0 Å². The molecule has 104 valence electrons. The summed E-state index contributed by atoms with van der Waals surface area (Å²) in [4.78, 5) is 12.0. The summed E-state index contributed by atoms with van der Waals surface area (Å²) in [7, 11) is 0. The van der Waals surface area contributed by atoms with Gasteiger partial charge in [-0.15, -0.1) is 0 Å². The first-order valence-corrected chi connectivity index (χ1v) is 6.20. The van der Waals surface area contributed by atoms with Crippen molar-refractivity contribution in [2.75, 3.05) is 6.54 Å². The minimum atomic E-state index is -1.02. The summed E-state index contributed by atoms with van der Waals surface area (Å²) in [5.74, 6) is -0.156. The number of benzene rings is 1. The standard InChI is InChI=1S/C14H21N3O2/c1-10(11-7-5-4-6-8-11)9-16-13(18)14(2,3)12(15)17-19/h4-8,10,19H,9H2,1-3H3,(H2,15,17)(H,16,18). The van der Waals surface area contributed by atoms with Gasteiger partial charge < -0.3 is 16.3 Å². The van der Waals surface area contributed by atoms with E-state index in [4.69, 9.17) is 10.9 Å². The Morgan fingerprint density at radius 2 is 2.00 bits per heavy atom. The average Bonchev–Trinajstić information content (AvgIpc) is 2.44. The number of oxime groups is 1. The highest BCUT2D eigenvalue weighted by molar-refractivity contribution is 6.05. The molecular formula is C14H21N3O2. The van der Waals surface area contributed by atoms with Gasteiger partial charge in [0.2, 0.25) is 5.91 Å². The van der Waals surface area contributed by atoms with Gasteiger partial charge in [-0.1, -0.05) is 42.4 Å². The number of rotatable bonds is 5. The predicted molar refractivity (Wildman–Crippen MR) is 75.1 cm³/mol. The molecule has 0 saturated heterocycles. The topological polar surface area (TPSA) is 87.7 Å². The van der Waals surface area contributed by atoms with Crippen LogP contribution in [0.15, 0.2) is 35.5 Å². The van der Waals surface area contributed by atoms with Crippen LogP contribution < -0.4 is 11.1 Å². The minimum Gasteiger partial charge on any atom is -0.409 e. The van der Waals surface area contributed by atoms with E-state index in [2.05, 4.69) is 10.5 Å². The first-order valence-electron chi connectivity index (χ1n) is 6.20. The molecule has 0 radical (unpaired) electrons. The predicted octanol–water partition coefficient (Wildman–Crippen LogP) is 1.68. The van der Waals surface area contributed by atoms with E-state index >= 15 is 0 Å². The number of hydrogen-bond donors (Lipinski definition) is 3. The summed E-state index contributed by atoms with van der Waals surface area (Å²) in [5.41, 5.74) is 5.64. The van der Waals surface area contributed by atoms with Crippen LogP contribution in [0.5, 0.6) is 0 Å². The largest absolute Gasteiger partial charge is 0.409 e. The lowest BCUT2D eigenvalue weighted by Gasteiger charge is -2.23. The molecule has 1 rings (SSSR count). The SMILES string of the molecule is CC(CNC(=O)C(C)(C)/C(N)=N/O)c1ccccc1. The van der Waals surface area contributed by atoms with Gasteiger partial charge in [-0.3, -0.25) is 4.79 Å². The Bertz CT molecular complexity index is 455. The average molecular weight is 263 g/mol. The lowest BCUT2D eigenvalue weighted by Crippen LogP contribution is -2.46. The van der Waals surface area contributed by atoms with Crippen LogP contribution in [-0.2, 0) is 4.79 Å². The van der Waals surface area contributed by atoms with Gasteiger partial charge in [-0.05, 0) is 25.3 Å². The molecule has 0 aliphatic rings. The molecule has 1 aromatic carbocycles. The van der Waals surface area contributed by atoms with Crippen LogP contribution in [-0.4, -0.2) is 23.5 Å². The van der Waals surface area contributed by atoms with Crippen molar-refractivity contribution >= 4 is 11.7 Å². The fourth-order valence-corrected chi connectivity index (χ4v) is 1.61. The number of amides is 1. The summed E-state index contributed by atoms with van der Waals surface area (Å²) in [5, 5.41) is 14.4. The van der Waals surface area contributed by atoms with Crippen LogP contribution in [0.4, 0.5) is 0 Å². The molecule has 0 aliphatic heterocycles. The van der Waals surface area contributed by atoms with E-state index in [1.54, 1.807) is 13.8 Å². The van der Waals surface area contributed by atoms with Crippen molar-refractivity contribution in [3.05, 3.63) is 35.9 Å². The number of nitrogens with two attached hydrogens (primary N) is 1. The lowest BCUT2D eigenvalue weighted by atomic mass is 9.90. The highest BCUT2D eigenvalue weighted by atomic mass is 16.4. The first-order chi connectivity index (χ1) is 8.89. The van der Waals surface area contributed by atoms with Crippen molar-refractivity contribution in [1.29, 1.82) is 0 Å². The van der Waals surface area contributed by atoms with E-state index < -0.39 is 5.41 Å². The molecule has 1 unspecified atom stereocenters. The summed E-state index contributed by atoms with van der Waals surface area (Å²) in [6, 6.07) is 9.93. The van der Waals surface area contributed by atoms with Crippen LogP contribution in [0.2, 0.25) is 0 Å². The van der Waals surface area contributed by atoms with Crippen LogP contribution in [0.1, 0.15) is 32.3 Å². The number of carbonyl (C=O) groups is 1. The number of nitrogens with zero attached hydrogens (tertiary/aromatic N) is 1. The van der Waals surface area contributed by atoms with Crippen molar-refractivity contribution in [1.82, 2.24) is 5.32 Å². The van der Waals surface area contributed by atoms with Crippen molar-refractivity contribution in [2.45, 2.75) is 26.7 Å². The van der Waals surface area contributed by atoms with Crippen molar-refractivity contribution in [2.24, 2.45) is 16.3 Å². The van der Waals surface area contributed by atoms with E-state index in [9.17, 15) is 4.79 Å². The Labute approximate surface area is 113 Å². The highest BCUT2D eigenvalue weighted by Crippen LogP contribution is 2.17. The molecule has 4 N–H and O–H groups in total. The van der Waals surface area contributed by atoms with Gasteiger partial charge in [0.25, 0.3) is 0 Å². The van der Waals surface area contributed by atoms with Crippen molar-refractivity contribution < 1.29 is 10.0 Å². The number of nitrogens with one attached hydrogen (secondary N) is 1. The third kappa shape index (κ3) is 3.71. The van der Waals surface area contributed by atoms with Crippen LogP contribution in [0.25, 0.3) is 0 Å². The highest BCUT2D eigenvalue weighted by Gasteiger charge is 2.32. The van der Waals surface area contributed by atoms with E-state index in [1.165, 1.54) is 0 Å². The van der Waals surface area contributed by atoms with Gasteiger partial charge in [0.1, 0.15) is 5.41 Å². The maximum Gasteiger partial charge on any atom is 0.233 e. The third-order valence-electron chi connectivity index (χ3n) is 3.25. The lowest BCUT2D eigenvalue weighted by molar-refractivity contribution is -0.126. The second-order valence-corrected chi connectivity index (χ2v) is 5.13. The molecule has 0 bridgehead atoms. The summed E-state index contributed by atoms with van der Waals surface area (Å²) in [6.45, 7) is 5.77. The Balaban J connectivity index is 2.60. The Hall–Kier alpha value is -2.04. The quantitative estimate of drug-likeness (QED) is 0.327. The van der Waals surface area contributed by atoms with E-state index in [-0.39, 0.29) is 17.7 Å². The number of carbonyl (C=O) groups excluding carboxylic acids is 1. The summed E-state index contributed by atoms with van der Waals surface area (Å²) < 4.78 is 0. The van der Waals surface area contributed by atoms with Crippen molar-refractivity contribution in [3.63, 3.8) is 0 Å². The molecule has 0 aromatic heterocycles. The molecule has 0 saturated carbocycles. The van der Waals surface area contributed by atoms with E-state index in [0.29, 0.717) is 6.54 Å². The molecule has 19 heavy (non-hydrogen) atoms. The molecule has 0 fully saturated rings. The molecule has 0 aliphatic carbocycles. The zero-order valence-corrected chi connectivity index (χ0v) is 11.6. The summed E-state index contributed by atoms with van der Waals surface area (Å²) in [6.07, 6.45) is 0. The van der Waals surface area contributed by atoms with Crippen LogP contribution >= 0.6 is 0 Å². The molecule has 5 heteroatoms. The van der Waals surface area contributed by atoms with Gasteiger partial charge in [0.05, 0.1) is 0 Å². The van der Waals surface area contributed by atoms with E-state index in [1.807, 2.05) is 37.3 Å². The maximum atomic E-state index is 12.0. The molecule has 1 atom stereocenters. The van der Waals surface area contributed by atoms with Crippen LogP contribution in [0, 0.1) is 5.41 Å². The van der Waals surface area contributed by atoms with Gasteiger partial charge in [0.15, 0.2) is 5.84 Å². The zero-order chi connectivity index (χ0) is 14.5. The Kier molecular flexibility index (Phi) is 4.92. The molecule has 1 aromatic rings. The fourth-order valence-electron chi connectivity index (χ4n) is 1.61. The second kappa shape index (κ2) is 6.22. The molecule has 1 amide bonds. The van der Waals surface area contributed by atoms with Crippen LogP contribution in [0.3, 0.4) is 0 Å². The van der Waals surface area contributed by atoms with Gasteiger partial charge >= 0.3 is 0 Å². The van der Waals surface area contributed by atoms with Gasteiger partial charge in [0, 0.05) is 6.54 Å². The zero-order valence-electron chi connectivity index (χ0n) is 11.6. The van der Waals surface area contributed by atoms with Gasteiger partial charge in [-0.2, -0.15) is 0 Å². The molecule has 5 nitrogen and oxygen atoms in total. The normalized spacial score (nSPS) is 13.9. The van der Waals surface area contributed by atoms with E-state index in [0.717, 1.165) is 5.56 Å². The Morgan fingerprint density at radius 1 is 1.42 bits per heavy atom. The number of hydrogen-bond acceptors (Lipinski definition) is 3. The number of amidine groups is 1. The second-order valence-electron chi connectivity index (χ2n) is 5.13. The molecule has 0 spiro atoms. The third-order valence-corrected chi connectivity index (χ3v) is 3.25. The first kappa shape index (κ1) is 15.0. The monoisotopic (exact) mass is 263 g/mol. The smallest absolute Gasteiger partial charge is 0.233 e. The fraction of sp³-hybridized carbons (Fsp3) is 0.429. The molecule has 0 heterocycles. The van der Waals surface area contributed by atoms with Gasteiger partial charge in [-0.25, -0.2) is 0 Å². The Morgan fingerprint density at radius 3 is 2.53 bits per heavy atom. The molecular weight excluding hydrogens is 242 g/mol. The maximum absolute atomic E-state index is 12.0.